The summed E-state index contributed by atoms with van der Waals surface area (Å²) in [5.41, 5.74) is 0. The van der Waals surface area contributed by atoms with Crippen molar-refractivity contribution in [2.45, 2.75) is 37.2 Å². The fourth-order valence-electron chi connectivity index (χ4n) is 1.64. The highest BCUT2D eigenvalue weighted by atomic mass is 32.2. The summed E-state index contributed by atoms with van der Waals surface area (Å²) in [6.07, 6.45) is 2.28. The molecular formula is C10H19NO2S. The highest BCUT2D eigenvalue weighted by Gasteiger charge is 2.24. The smallest absolute Gasteiger partial charge is 0.235 e. The number of likely N-dealkylation sites (tertiary alicyclic amines) is 1. The first-order chi connectivity index (χ1) is 6.65. The number of carbonyl (C=O) groups is 1. The molecule has 1 amide bonds. The normalized spacial score (nSPS) is 20.9. The lowest BCUT2D eigenvalue weighted by atomic mass is 10.4. The largest absolute Gasteiger partial charge is 0.395 e. The molecule has 4 heteroatoms. The molecule has 1 rings (SSSR count). The van der Waals surface area contributed by atoms with E-state index in [0.717, 1.165) is 25.9 Å². The number of aliphatic hydroxyl groups excluding tert-OH is 1. The van der Waals surface area contributed by atoms with Crippen LogP contribution >= 0.6 is 11.8 Å². The number of amides is 1. The molecule has 3 nitrogen and oxygen atoms in total. The van der Waals surface area contributed by atoms with Crippen LogP contribution in [0.3, 0.4) is 0 Å². The van der Waals surface area contributed by atoms with Gasteiger partial charge in [-0.25, -0.2) is 0 Å². The second kappa shape index (κ2) is 5.61. The van der Waals surface area contributed by atoms with Crippen LogP contribution in [0.5, 0.6) is 0 Å². The second-order valence-electron chi connectivity index (χ2n) is 3.80. The van der Waals surface area contributed by atoms with Crippen LogP contribution in [-0.4, -0.2) is 46.1 Å². The third-order valence-corrected chi connectivity index (χ3v) is 3.68. The summed E-state index contributed by atoms with van der Waals surface area (Å²) >= 11 is 1.55. The standard InChI is InChI=1S/C10H19NO2S/c1-8(7-12)14-9(2)10(13)11-5-3-4-6-11/h8-9,12H,3-7H2,1-2H3. The van der Waals surface area contributed by atoms with Crippen LogP contribution in [0.15, 0.2) is 0 Å². The SMILES string of the molecule is CC(CO)SC(C)C(=O)N1CCCC1. The van der Waals surface area contributed by atoms with Gasteiger partial charge in [-0.2, -0.15) is 0 Å². The van der Waals surface area contributed by atoms with Gasteiger partial charge in [0.1, 0.15) is 0 Å². The zero-order valence-electron chi connectivity index (χ0n) is 8.90. The monoisotopic (exact) mass is 217 g/mol. The summed E-state index contributed by atoms with van der Waals surface area (Å²) in [6, 6.07) is 0. The lowest BCUT2D eigenvalue weighted by molar-refractivity contribution is -0.129. The molecule has 1 aliphatic rings. The van der Waals surface area contributed by atoms with Crippen LogP contribution in [0.2, 0.25) is 0 Å². The molecule has 1 aliphatic heterocycles. The zero-order chi connectivity index (χ0) is 10.6. The summed E-state index contributed by atoms with van der Waals surface area (Å²) in [6.45, 7) is 5.84. The Morgan fingerprint density at radius 3 is 2.50 bits per heavy atom. The molecule has 2 atom stereocenters. The number of nitrogens with zero attached hydrogens (tertiary/aromatic N) is 1. The fourth-order valence-corrected chi connectivity index (χ4v) is 2.69. The number of aliphatic hydroxyl groups is 1. The van der Waals surface area contributed by atoms with E-state index >= 15 is 0 Å². The summed E-state index contributed by atoms with van der Waals surface area (Å²) in [5, 5.41) is 9.02. The Hall–Kier alpha value is -0.220. The molecule has 0 bridgehead atoms. The van der Waals surface area contributed by atoms with Crippen LogP contribution in [0.25, 0.3) is 0 Å². The van der Waals surface area contributed by atoms with E-state index in [0.29, 0.717) is 0 Å². The highest BCUT2D eigenvalue weighted by molar-refractivity contribution is 8.01. The number of thioether (sulfide) groups is 1. The molecule has 0 saturated carbocycles. The van der Waals surface area contributed by atoms with Crippen molar-refractivity contribution in [1.82, 2.24) is 4.90 Å². The zero-order valence-corrected chi connectivity index (χ0v) is 9.72. The summed E-state index contributed by atoms with van der Waals surface area (Å²) in [4.78, 5) is 13.8. The maximum absolute atomic E-state index is 11.8. The van der Waals surface area contributed by atoms with E-state index in [9.17, 15) is 4.79 Å². The van der Waals surface area contributed by atoms with Crippen molar-refractivity contribution in [3.05, 3.63) is 0 Å². The van der Waals surface area contributed by atoms with Gasteiger partial charge in [0, 0.05) is 18.3 Å². The van der Waals surface area contributed by atoms with Crippen molar-refractivity contribution < 1.29 is 9.90 Å². The van der Waals surface area contributed by atoms with Crippen molar-refractivity contribution >= 4 is 17.7 Å². The van der Waals surface area contributed by atoms with Crippen LogP contribution in [0.1, 0.15) is 26.7 Å². The van der Waals surface area contributed by atoms with E-state index in [4.69, 9.17) is 5.11 Å². The molecule has 0 radical (unpaired) electrons. The Labute approximate surface area is 89.9 Å². The molecule has 2 unspecified atom stereocenters. The highest BCUT2D eigenvalue weighted by Crippen LogP contribution is 2.20. The van der Waals surface area contributed by atoms with Gasteiger partial charge in [-0.05, 0) is 19.8 Å². The predicted octanol–water partition coefficient (Wildman–Crippen LogP) is 1.11. The molecule has 1 heterocycles. The van der Waals surface area contributed by atoms with Gasteiger partial charge in [0.05, 0.1) is 11.9 Å². The molecule has 14 heavy (non-hydrogen) atoms. The Morgan fingerprint density at radius 1 is 1.43 bits per heavy atom. The average Bonchev–Trinajstić information content (AvgIpc) is 2.69. The fraction of sp³-hybridized carbons (Fsp3) is 0.900. The summed E-state index contributed by atoms with van der Waals surface area (Å²) < 4.78 is 0. The molecule has 0 aromatic rings. The van der Waals surface area contributed by atoms with Crippen molar-refractivity contribution in [3.63, 3.8) is 0 Å². The molecular weight excluding hydrogens is 198 g/mol. The number of rotatable bonds is 4. The van der Waals surface area contributed by atoms with Crippen molar-refractivity contribution in [2.75, 3.05) is 19.7 Å². The van der Waals surface area contributed by atoms with Gasteiger partial charge in [0.15, 0.2) is 0 Å². The van der Waals surface area contributed by atoms with Crippen LogP contribution in [0, 0.1) is 0 Å². The minimum absolute atomic E-state index is 0.0183. The lowest BCUT2D eigenvalue weighted by Gasteiger charge is -2.21. The Morgan fingerprint density at radius 2 is 2.00 bits per heavy atom. The van der Waals surface area contributed by atoms with Crippen LogP contribution in [-0.2, 0) is 4.79 Å². The summed E-state index contributed by atoms with van der Waals surface area (Å²) in [5.74, 6) is 0.229. The molecule has 0 spiro atoms. The van der Waals surface area contributed by atoms with Gasteiger partial charge in [-0.15, -0.1) is 11.8 Å². The third-order valence-electron chi connectivity index (χ3n) is 2.46. The van der Waals surface area contributed by atoms with Gasteiger partial charge >= 0.3 is 0 Å². The van der Waals surface area contributed by atoms with Crippen LogP contribution in [0.4, 0.5) is 0 Å². The van der Waals surface area contributed by atoms with Gasteiger partial charge < -0.3 is 10.0 Å². The Bertz CT molecular complexity index is 193. The Kier molecular flexibility index (Phi) is 4.75. The first-order valence-corrected chi connectivity index (χ1v) is 6.14. The number of carbonyl (C=O) groups excluding carboxylic acids is 1. The second-order valence-corrected chi connectivity index (χ2v) is 5.59. The predicted molar refractivity (Wildman–Crippen MR) is 59.4 cm³/mol. The molecule has 1 saturated heterocycles. The summed E-state index contributed by atoms with van der Waals surface area (Å²) in [7, 11) is 0. The first kappa shape index (κ1) is 11.9. The minimum Gasteiger partial charge on any atom is -0.395 e. The van der Waals surface area contributed by atoms with Crippen molar-refractivity contribution in [1.29, 1.82) is 0 Å². The molecule has 0 aliphatic carbocycles. The maximum Gasteiger partial charge on any atom is 0.235 e. The van der Waals surface area contributed by atoms with E-state index in [1.807, 2.05) is 18.7 Å². The molecule has 1 N–H and O–H groups in total. The molecule has 0 aromatic heterocycles. The van der Waals surface area contributed by atoms with Gasteiger partial charge in [0.25, 0.3) is 0 Å². The van der Waals surface area contributed by atoms with E-state index in [1.54, 1.807) is 11.8 Å². The van der Waals surface area contributed by atoms with Crippen molar-refractivity contribution in [3.8, 4) is 0 Å². The Balaban J connectivity index is 2.35. The quantitative estimate of drug-likeness (QED) is 0.767. The van der Waals surface area contributed by atoms with Crippen LogP contribution < -0.4 is 0 Å². The third kappa shape index (κ3) is 3.17. The van der Waals surface area contributed by atoms with Gasteiger partial charge in [-0.3, -0.25) is 4.79 Å². The molecule has 82 valence electrons. The van der Waals surface area contributed by atoms with Crippen molar-refractivity contribution in [2.24, 2.45) is 0 Å². The van der Waals surface area contributed by atoms with E-state index in [2.05, 4.69) is 0 Å². The molecule has 0 aromatic carbocycles. The van der Waals surface area contributed by atoms with E-state index in [1.165, 1.54) is 0 Å². The number of hydrogen-bond acceptors (Lipinski definition) is 3. The minimum atomic E-state index is -0.0183. The molecule has 1 fully saturated rings. The maximum atomic E-state index is 11.8. The lowest BCUT2D eigenvalue weighted by Crippen LogP contribution is -2.35. The number of hydrogen-bond donors (Lipinski definition) is 1. The first-order valence-electron chi connectivity index (χ1n) is 5.20. The topological polar surface area (TPSA) is 40.5 Å². The van der Waals surface area contributed by atoms with E-state index in [-0.39, 0.29) is 23.0 Å². The van der Waals surface area contributed by atoms with E-state index < -0.39 is 0 Å². The van der Waals surface area contributed by atoms with Gasteiger partial charge in [-0.1, -0.05) is 6.92 Å². The average molecular weight is 217 g/mol. The van der Waals surface area contributed by atoms with Gasteiger partial charge in [0.2, 0.25) is 5.91 Å².